The summed E-state index contributed by atoms with van der Waals surface area (Å²) < 4.78 is 41.5. The van der Waals surface area contributed by atoms with Crippen LogP contribution in [0.5, 0.6) is 11.5 Å². The summed E-state index contributed by atoms with van der Waals surface area (Å²) in [4.78, 5) is 22.5. The van der Waals surface area contributed by atoms with Crippen LogP contribution in [0.25, 0.3) is 0 Å². The first-order valence-electron chi connectivity index (χ1n) is 8.07. The average molecular weight is 402 g/mol. The Morgan fingerprint density at radius 2 is 1.89 bits per heavy atom. The van der Waals surface area contributed by atoms with Crippen molar-refractivity contribution in [3.05, 3.63) is 18.2 Å². The quantitative estimate of drug-likeness (QED) is 0.449. The first kappa shape index (κ1) is 20.8. The Labute approximate surface area is 156 Å². The lowest BCUT2D eigenvalue weighted by Gasteiger charge is -2.31. The predicted molar refractivity (Wildman–Crippen MR) is 95.5 cm³/mol. The summed E-state index contributed by atoms with van der Waals surface area (Å²) in [5, 5.41) is 11.9. The van der Waals surface area contributed by atoms with E-state index in [2.05, 4.69) is 10.0 Å². The number of rotatable bonds is 6. The van der Waals surface area contributed by atoms with Gasteiger partial charge in [0.15, 0.2) is 17.1 Å². The van der Waals surface area contributed by atoms with E-state index in [1.165, 1.54) is 18.2 Å². The van der Waals surface area contributed by atoms with Gasteiger partial charge in [0.25, 0.3) is 0 Å². The molecule has 0 amide bonds. The fourth-order valence-corrected chi connectivity index (χ4v) is 2.86. The molecule has 0 saturated carbocycles. The first-order chi connectivity index (χ1) is 12.5. The third-order valence-electron chi connectivity index (χ3n) is 3.54. The second kappa shape index (κ2) is 8.01. The Morgan fingerprint density at radius 1 is 1.26 bits per heavy atom. The molecule has 3 N–H and O–H groups in total. The standard InChI is InChI=1S/C16H22N2O8S/c1-10(2)17-7-16(26-15(21)14(19)20)8-24-12-5-4-11(18-27(3,22)23)6-13(12)25-9-16/h4-6,10,17-18H,7-9H2,1-3H3,(H,19,20). The summed E-state index contributed by atoms with van der Waals surface area (Å²) in [6, 6.07) is 4.47. The van der Waals surface area contributed by atoms with Crippen molar-refractivity contribution in [3.63, 3.8) is 0 Å². The smallest absolute Gasteiger partial charge is 0.418 e. The Balaban J connectivity index is 2.24. The van der Waals surface area contributed by atoms with Gasteiger partial charge in [-0.2, -0.15) is 0 Å². The molecule has 1 atom stereocenters. The average Bonchev–Trinajstić information content (AvgIpc) is 2.72. The van der Waals surface area contributed by atoms with Gasteiger partial charge in [-0.25, -0.2) is 18.0 Å². The second-order valence-electron chi connectivity index (χ2n) is 6.53. The summed E-state index contributed by atoms with van der Waals surface area (Å²) >= 11 is 0. The highest BCUT2D eigenvalue weighted by atomic mass is 32.2. The molecule has 11 heteroatoms. The van der Waals surface area contributed by atoms with E-state index in [1.807, 2.05) is 13.8 Å². The molecule has 1 aromatic rings. The molecule has 27 heavy (non-hydrogen) atoms. The summed E-state index contributed by atoms with van der Waals surface area (Å²) in [6.45, 7) is 3.54. The Bertz CT molecular complexity index is 824. The fourth-order valence-electron chi connectivity index (χ4n) is 2.31. The first-order valence-corrected chi connectivity index (χ1v) is 9.96. The highest BCUT2D eigenvalue weighted by Gasteiger charge is 2.41. The third kappa shape index (κ3) is 6.00. The Kier molecular flexibility index (Phi) is 6.16. The maximum Gasteiger partial charge on any atom is 0.418 e. The molecule has 10 nitrogen and oxygen atoms in total. The molecule has 0 aliphatic carbocycles. The van der Waals surface area contributed by atoms with Gasteiger partial charge in [0.05, 0.1) is 11.9 Å². The van der Waals surface area contributed by atoms with E-state index < -0.39 is 27.6 Å². The largest absolute Gasteiger partial charge is 0.485 e. The zero-order valence-electron chi connectivity index (χ0n) is 15.1. The highest BCUT2D eigenvalue weighted by molar-refractivity contribution is 7.92. The van der Waals surface area contributed by atoms with Crippen LogP contribution >= 0.6 is 0 Å². The van der Waals surface area contributed by atoms with Crippen molar-refractivity contribution in [1.82, 2.24) is 5.32 Å². The van der Waals surface area contributed by atoms with E-state index in [0.29, 0.717) is 5.75 Å². The number of aliphatic carboxylic acids is 1. The molecule has 1 aliphatic heterocycles. The van der Waals surface area contributed by atoms with Crippen LogP contribution in [0.15, 0.2) is 18.2 Å². The van der Waals surface area contributed by atoms with Crippen LogP contribution < -0.4 is 19.5 Å². The highest BCUT2D eigenvalue weighted by Crippen LogP contribution is 2.35. The van der Waals surface area contributed by atoms with Crippen LogP contribution in [0, 0.1) is 0 Å². The lowest BCUT2D eigenvalue weighted by atomic mass is 10.1. The van der Waals surface area contributed by atoms with Crippen LogP contribution in [0.4, 0.5) is 5.69 Å². The van der Waals surface area contributed by atoms with Crippen molar-refractivity contribution in [2.24, 2.45) is 0 Å². The van der Waals surface area contributed by atoms with E-state index in [0.717, 1.165) is 6.26 Å². The van der Waals surface area contributed by atoms with Crippen LogP contribution in [0.2, 0.25) is 0 Å². The number of carboxylic acid groups (broad SMARTS) is 1. The Morgan fingerprint density at radius 3 is 2.44 bits per heavy atom. The summed E-state index contributed by atoms with van der Waals surface area (Å²) in [6.07, 6.45) is 1.02. The third-order valence-corrected chi connectivity index (χ3v) is 4.15. The van der Waals surface area contributed by atoms with Crippen LogP contribution in [0.1, 0.15) is 13.8 Å². The minimum atomic E-state index is -3.47. The van der Waals surface area contributed by atoms with Crippen molar-refractivity contribution >= 4 is 27.6 Å². The number of sulfonamides is 1. The number of esters is 1. The number of anilines is 1. The second-order valence-corrected chi connectivity index (χ2v) is 8.27. The molecule has 1 aromatic carbocycles. The van der Waals surface area contributed by atoms with Crippen molar-refractivity contribution in [1.29, 1.82) is 0 Å². The van der Waals surface area contributed by atoms with E-state index in [4.69, 9.17) is 19.3 Å². The molecule has 1 unspecified atom stereocenters. The molecule has 1 aliphatic rings. The number of carbonyl (C=O) groups is 2. The van der Waals surface area contributed by atoms with Gasteiger partial charge in [-0.05, 0) is 12.1 Å². The zero-order chi connectivity index (χ0) is 20.2. The molecule has 0 aromatic heterocycles. The lowest BCUT2D eigenvalue weighted by Crippen LogP contribution is -2.54. The minimum Gasteiger partial charge on any atom is -0.485 e. The SMILES string of the molecule is CC(C)NCC1(OC(=O)C(=O)O)COc2ccc(NS(C)(=O)=O)cc2OC1. The van der Waals surface area contributed by atoms with Crippen molar-refractivity contribution in [2.75, 3.05) is 30.7 Å². The number of carboxylic acids is 1. The van der Waals surface area contributed by atoms with Gasteiger partial charge in [0.1, 0.15) is 13.2 Å². The number of ether oxygens (including phenoxy) is 3. The topological polar surface area (TPSA) is 140 Å². The molecule has 150 valence electrons. The number of hydrogen-bond acceptors (Lipinski definition) is 8. The van der Waals surface area contributed by atoms with Gasteiger partial charge in [-0.3, -0.25) is 4.72 Å². The molecule has 0 fully saturated rings. The van der Waals surface area contributed by atoms with E-state index in [9.17, 15) is 18.0 Å². The maximum absolute atomic E-state index is 11.6. The van der Waals surface area contributed by atoms with Gasteiger partial charge in [0, 0.05) is 18.7 Å². The fraction of sp³-hybridized carbons (Fsp3) is 0.500. The van der Waals surface area contributed by atoms with E-state index >= 15 is 0 Å². The van der Waals surface area contributed by atoms with Gasteiger partial charge in [0.2, 0.25) is 10.0 Å². The van der Waals surface area contributed by atoms with Gasteiger partial charge < -0.3 is 24.6 Å². The van der Waals surface area contributed by atoms with Gasteiger partial charge in [-0.15, -0.1) is 0 Å². The van der Waals surface area contributed by atoms with Crippen LogP contribution in [-0.2, 0) is 24.3 Å². The number of nitrogens with one attached hydrogen (secondary N) is 2. The monoisotopic (exact) mass is 402 g/mol. The minimum absolute atomic E-state index is 0.0431. The molecule has 2 rings (SSSR count). The lowest BCUT2D eigenvalue weighted by molar-refractivity contribution is -0.178. The van der Waals surface area contributed by atoms with Gasteiger partial charge >= 0.3 is 11.9 Å². The van der Waals surface area contributed by atoms with Gasteiger partial charge in [-0.1, -0.05) is 13.8 Å². The van der Waals surface area contributed by atoms with Crippen molar-refractivity contribution < 1.29 is 37.3 Å². The van der Waals surface area contributed by atoms with Crippen molar-refractivity contribution in [3.8, 4) is 11.5 Å². The number of fused-ring (bicyclic) bond motifs is 1. The Hall–Kier alpha value is -2.53. The molecule has 0 spiro atoms. The summed E-state index contributed by atoms with van der Waals surface area (Å²) in [5.74, 6) is -2.59. The molecular formula is C16H22N2O8S. The van der Waals surface area contributed by atoms with Crippen molar-refractivity contribution in [2.45, 2.75) is 25.5 Å². The van der Waals surface area contributed by atoms with E-state index in [-0.39, 0.29) is 37.2 Å². The molecular weight excluding hydrogens is 380 g/mol. The van der Waals surface area contributed by atoms with Crippen LogP contribution in [-0.4, -0.2) is 63.1 Å². The molecule has 0 bridgehead atoms. The summed E-state index contributed by atoms with van der Waals surface area (Å²) in [7, 11) is -3.47. The van der Waals surface area contributed by atoms with E-state index in [1.54, 1.807) is 0 Å². The summed E-state index contributed by atoms with van der Waals surface area (Å²) in [5.41, 5.74) is -1.10. The molecule has 0 saturated heterocycles. The molecule has 0 radical (unpaired) electrons. The number of carbonyl (C=O) groups excluding carboxylic acids is 1. The van der Waals surface area contributed by atoms with Crippen LogP contribution in [0.3, 0.4) is 0 Å². The number of benzene rings is 1. The predicted octanol–water partition coefficient (Wildman–Crippen LogP) is 0.194. The maximum atomic E-state index is 11.6. The normalized spacial score (nSPS) is 19.3. The zero-order valence-corrected chi connectivity index (χ0v) is 16.0. The number of hydrogen-bond donors (Lipinski definition) is 3. The molecule has 1 heterocycles.